The van der Waals surface area contributed by atoms with Crippen LogP contribution in [-0.2, 0) is 6.42 Å². The molecule has 2 heterocycles. The Balaban J connectivity index is 0.00000133. The highest BCUT2D eigenvalue weighted by Crippen LogP contribution is 2.52. The second-order valence-electron chi connectivity index (χ2n) is 9.24. The van der Waals surface area contributed by atoms with Gasteiger partial charge in [0.1, 0.15) is 0 Å². The lowest BCUT2D eigenvalue weighted by atomic mass is 9.78. The van der Waals surface area contributed by atoms with E-state index in [0.29, 0.717) is 12.2 Å². The molecule has 0 amide bonds. The zero-order valence-electron chi connectivity index (χ0n) is 20.5. The molecule has 2 aromatic rings. The first-order valence-corrected chi connectivity index (χ1v) is 12.1. The summed E-state index contributed by atoms with van der Waals surface area (Å²) in [5, 5.41) is 0. The lowest BCUT2D eigenvalue weighted by Crippen LogP contribution is -2.17. The molecule has 3 nitrogen and oxygen atoms in total. The second kappa shape index (κ2) is 9.80. The van der Waals surface area contributed by atoms with E-state index in [1.54, 1.807) is 12.3 Å². The zero-order chi connectivity index (χ0) is 24.4. The number of aryl methyl sites for hydroxylation is 1. The molecule has 3 heteroatoms. The average Bonchev–Trinajstić information content (AvgIpc) is 3.71. The summed E-state index contributed by atoms with van der Waals surface area (Å²) >= 11 is 0. The molecule has 0 unspecified atom stereocenters. The van der Waals surface area contributed by atoms with Crippen molar-refractivity contribution in [3.8, 4) is 0 Å². The number of hydrogen-bond donors (Lipinski definition) is 0. The summed E-state index contributed by atoms with van der Waals surface area (Å²) < 4.78 is 2.10. The predicted octanol–water partition coefficient (Wildman–Crippen LogP) is 7.26. The molecule has 1 fully saturated rings. The molecule has 0 spiro atoms. The van der Waals surface area contributed by atoms with Gasteiger partial charge in [0.15, 0.2) is 11.7 Å². The van der Waals surface area contributed by atoms with Gasteiger partial charge in [-0.05, 0) is 73.3 Å². The van der Waals surface area contributed by atoms with Crippen LogP contribution in [0.5, 0.6) is 0 Å². The number of aromatic nitrogens is 1. The van der Waals surface area contributed by atoms with Gasteiger partial charge in [-0.1, -0.05) is 48.9 Å². The third kappa shape index (κ3) is 4.11. The van der Waals surface area contributed by atoms with Crippen molar-refractivity contribution in [2.45, 2.75) is 52.9 Å². The van der Waals surface area contributed by atoms with E-state index in [0.717, 1.165) is 30.7 Å². The van der Waals surface area contributed by atoms with Gasteiger partial charge >= 0.3 is 0 Å². The Kier molecular flexibility index (Phi) is 6.83. The van der Waals surface area contributed by atoms with Crippen LogP contribution in [0.4, 0.5) is 0 Å². The van der Waals surface area contributed by atoms with E-state index in [-0.39, 0.29) is 11.0 Å². The number of nitrogens with zero attached hydrogens (tertiary/aromatic N) is 1. The molecule has 1 aromatic carbocycles. The molecule has 1 aromatic heterocycles. The van der Waals surface area contributed by atoms with Crippen molar-refractivity contribution in [1.29, 1.82) is 0 Å². The molecule has 0 atom stereocenters. The van der Waals surface area contributed by atoms with Crippen molar-refractivity contribution in [2.24, 2.45) is 5.92 Å². The van der Waals surface area contributed by atoms with Crippen molar-refractivity contribution in [3.05, 3.63) is 111 Å². The number of rotatable bonds is 4. The van der Waals surface area contributed by atoms with Crippen LogP contribution in [0.1, 0.15) is 73.6 Å². The number of fused-ring (bicyclic) bond motifs is 3. The highest BCUT2D eigenvalue weighted by molar-refractivity contribution is 6.07. The molecule has 1 saturated carbocycles. The van der Waals surface area contributed by atoms with Crippen LogP contribution in [0.25, 0.3) is 16.8 Å². The molecule has 0 N–H and O–H groups in total. The predicted molar refractivity (Wildman–Crippen MR) is 143 cm³/mol. The topological polar surface area (TPSA) is 39.1 Å². The van der Waals surface area contributed by atoms with E-state index in [9.17, 15) is 9.59 Å². The van der Waals surface area contributed by atoms with E-state index in [1.807, 2.05) is 0 Å². The van der Waals surface area contributed by atoms with E-state index < -0.39 is 0 Å². The minimum Gasteiger partial charge on any atom is -0.319 e. The highest BCUT2D eigenvalue weighted by atomic mass is 16.1. The molecule has 3 aliphatic rings. The number of carbonyl (C=O) groups excluding carboxylic acids is 1. The van der Waals surface area contributed by atoms with Gasteiger partial charge in [-0.3, -0.25) is 9.59 Å². The molecule has 34 heavy (non-hydrogen) atoms. The Labute approximate surface area is 202 Å². The van der Waals surface area contributed by atoms with E-state index in [4.69, 9.17) is 0 Å². The van der Waals surface area contributed by atoms with Gasteiger partial charge in [0.2, 0.25) is 0 Å². The number of hydrogen-bond acceptors (Lipinski definition) is 2. The minimum atomic E-state index is -0.209. The summed E-state index contributed by atoms with van der Waals surface area (Å²) in [4.78, 5) is 24.5. The Morgan fingerprint density at radius 2 is 1.82 bits per heavy atom. The smallest absolute Gasteiger partial charge is 0.192 e. The Morgan fingerprint density at radius 3 is 2.47 bits per heavy atom. The minimum absolute atomic E-state index is 0.209. The van der Waals surface area contributed by atoms with Gasteiger partial charge in [-0.25, -0.2) is 0 Å². The molecule has 1 aliphatic heterocycles. The molecule has 2 aliphatic carbocycles. The van der Waals surface area contributed by atoms with E-state index in [1.165, 1.54) is 51.8 Å². The maximum atomic E-state index is 12.9. The summed E-state index contributed by atoms with van der Waals surface area (Å²) in [5.74, 6) is 0.601. The van der Waals surface area contributed by atoms with E-state index in [2.05, 4.69) is 74.9 Å². The highest BCUT2D eigenvalue weighted by Gasteiger charge is 2.35. The molecule has 0 bridgehead atoms. The average molecular weight is 452 g/mol. The molecule has 174 valence electrons. The number of benzene rings is 1. The van der Waals surface area contributed by atoms with Crippen molar-refractivity contribution < 1.29 is 4.79 Å². The Morgan fingerprint density at radius 1 is 1.09 bits per heavy atom. The number of carbonyl (C=O) groups is 1. The normalized spacial score (nSPS) is 16.9. The quantitative estimate of drug-likeness (QED) is 0.362. The third-order valence-electron chi connectivity index (χ3n) is 6.96. The number of pyridine rings is 1. The van der Waals surface area contributed by atoms with Crippen LogP contribution in [0.2, 0.25) is 0 Å². The van der Waals surface area contributed by atoms with Crippen LogP contribution in [0.3, 0.4) is 0 Å². The SMILES string of the molecule is C=C.CCc1ccccc1C1=C2C(=CCC(=C(C)C)n3cc(C=O)c(=O)cc32)CC=C1C1CC1. The van der Waals surface area contributed by atoms with Crippen LogP contribution in [0, 0.1) is 5.92 Å². The lowest BCUT2D eigenvalue weighted by molar-refractivity contribution is 0.112. The summed E-state index contributed by atoms with van der Waals surface area (Å²) in [6.45, 7) is 12.4. The van der Waals surface area contributed by atoms with Crippen LogP contribution >= 0.6 is 0 Å². The largest absolute Gasteiger partial charge is 0.319 e. The van der Waals surface area contributed by atoms with Crippen molar-refractivity contribution >= 4 is 23.1 Å². The van der Waals surface area contributed by atoms with Gasteiger partial charge in [0.05, 0.1) is 11.3 Å². The Bertz CT molecular complexity index is 1320. The summed E-state index contributed by atoms with van der Waals surface area (Å²) in [7, 11) is 0. The second-order valence-corrected chi connectivity index (χ2v) is 9.24. The van der Waals surface area contributed by atoms with Gasteiger partial charge in [-0.15, -0.1) is 13.2 Å². The summed E-state index contributed by atoms with van der Waals surface area (Å²) in [6.07, 6.45) is 12.3. The lowest BCUT2D eigenvalue weighted by Gasteiger charge is -2.27. The molecule has 0 radical (unpaired) electrons. The zero-order valence-corrected chi connectivity index (χ0v) is 20.5. The molecular formula is C31H33NO2. The fourth-order valence-corrected chi connectivity index (χ4v) is 5.15. The monoisotopic (exact) mass is 451 g/mol. The number of allylic oxidation sites excluding steroid dienone is 8. The van der Waals surface area contributed by atoms with Crippen molar-refractivity contribution in [3.63, 3.8) is 0 Å². The van der Waals surface area contributed by atoms with Crippen molar-refractivity contribution in [2.75, 3.05) is 0 Å². The van der Waals surface area contributed by atoms with Crippen LogP contribution < -0.4 is 5.43 Å². The van der Waals surface area contributed by atoms with Gasteiger partial charge < -0.3 is 4.57 Å². The van der Waals surface area contributed by atoms with Crippen LogP contribution in [-0.4, -0.2) is 10.9 Å². The fourth-order valence-electron chi connectivity index (χ4n) is 5.15. The third-order valence-corrected chi connectivity index (χ3v) is 6.96. The van der Waals surface area contributed by atoms with Gasteiger partial charge in [0.25, 0.3) is 0 Å². The molecule has 5 rings (SSSR count). The summed E-state index contributed by atoms with van der Waals surface area (Å²) in [5.41, 5.74) is 11.0. The first-order valence-electron chi connectivity index (χ1n) is 12.1. The van der Waals surface area contributed by atoms with E-state index >= 15 is 0 Å². The van der Waals surface area contributed by atoms with Gasteiger partial charge in [-0.2, -0.15) is 0 Å². The Hall–Kier alpha value is -3.46. The molecular weight excluding hydrogens is 418 g/mol. The fraction of sp³-hybridized carbons (Fsp3) is 0.290. The maximum absolute atomic E-state index is 12.9. The van der Waals surface area contributed by atoms with Crippen molar-refractivity contribution in [1.82, 2.24) is 4.57 Å². The van der Waals surface area contributed by atoms with Gasteiger partial charge in [0, 0.05) is 30.0 Å². The molecule has 0 saturated heterocycles. The standard InChI is InChI=1S/C29H29NO2.C2H4/c1-4-19-7-5-6-8-23(19)29-24(20-9-10-20)13-11-21-12-14-25(18(2)3)30-16-22(17-31)27(32)15-26(30)28(21)29;1-2/h5-8,12-13,15-17,20H,4,9-11,14H2,1-3H3;1-2H2. The van der Waals surface area contributed by atoms with Crippen LogP contribution in [0.15, 0.2) is 83.4 Å². The first kappa shape index (κ1) is 23.7. The summed E-state index contributed by atoms with van der Waals surface area (Å²) in [6, 6.07) is 10.4. The maximum Gasteiger partial charge on any atom is 0.192 e. The first-order chi connectivity index (χ1) is 16.5. The number of aldehydes is 1.